The number of Topliss-reactive ketones (excluding diaryl/α,β-unsaturated/α-hetero) is 1. The van der Waals surface area contributed by atoms with Gasteiger partial charge in [0.1, 0.15) is 6.61 Å². The molecule has 0 atom stereocenters. The normalized spacial score (nSPS) is 19.2. The van der Waals surface area contributed by atoms with Gasteiger partial charge in [0.15, 0.2) is 5.78 Å². The molecule has 1 aliphatic heterocycles. The summed E-state index contributed by atoms with van der Waals surface area (Å²) >= 11 is 0. The number of piperidine rings is 1. The number of hydrogen-bond donors (Lipinski definition) is 0. The van der Waals surface area contributed by atoms with Gasteiger partial charge in [0.05, 0.1) is 6.54 Å². The van der Waals surface area contributed by atoms with Crippen molar-refractivity contribution in [3.8, 4) is 0 Å². The minimum absolute atomic E-state index is 0.188. The van der Waals surface area contributed by atoms with Crippen LogP contribution in [0.4, 0.5) is 0 Å². The molecule has 0 saturated carbocycles. The largest absolute Gasteiger partial charge is 0.377 e. The molecule has 0 bridgehead atoms. The van der Waals surface area contributed by atoms with E-state index < -0.39 is 0 Å². The molecule has 1 heterocycles. The Morgan fingerprint density at radius 3 is 2.50 bits per heavy atom. The van der Waals surface area contributed by atoms with Crippen LogP contribution < -0.4 is 0 Å². The van der Waals surface area contributed by atoms with E-state index in [1.807, 2.05) is 0 Å². The van der Waals surface area contributed by atoms with E-state index in [4.69, 9.17) is 4.74 Å². The molecule has 1 rings (SSSR count). The van der Waals surface area contributed by atoms with Crippen molar-refractivity contribution in [2.45, 2.75) is 12.8 Å². The van der Waals surface area contributed by atoms with Gasteiger partial charge in [-0.15, -0.1) is 0 Å². The fourth-order valence-corrected chi connectivity index (χ4v) is 2.30. The van der Waals surface area contributed by atoms with Crippen LogP contribution in [0.1, 0.15) is 12.8 Å². The van der Waals surface area contributed by atoms with Crippen molar-refractivity contribution < 1.29 is 9.53 Å². The van der Waals surface area contributed by atoms with Gasteiger partial charge >= 0.3 is 0 Å². The molecule has 0 amide bonds. The average Bonchev–Trinajstić information content (AvgIpc) is 2.20. The summed E-state index contributed by atoms with van der Waals surface area (Å²) in [5.74, 6) is 0.984. The zero-order chi connectivity index (χ0) is 12.0. The van der Waals surface area contributed by atoms with Crippen molar-refractivity contribution >= 4 is 5.78 Å². The molecule has 0 aromatic rings. The van der Waals surface area contributed by atoms with E-state index in [2.05, 4.69) is 23.9 Å². The minimum Gasteiger partial charge on any atom is -0.377 e. The van der Waals surface area contributed by atoms with Crippen LogP contribution in [0.15, 0.2) is 0 Å². The molecule has 0 spiro atoms. The first-order chi connectivity index (χ1) is 7.61. The first-order valence-electron chi connectivity index (χ1n) is 5.99. The van der Waals surface area contributed by atoms with Crippen LogP contribution in [0.5, 0.6) is 0 Å². The Balaban J connectivity index is 2.19. The second-order valence-corrected chi connectivity index (χ2v) is 4.95. The van der Waals surface area contributed by atoms with E-state index in [-0.39, 0.29) is 12.4 Å². The Kier molecular flexibility index (Phi) is 5.95. The van der Waals surface area contributed by atoms with Gasteiger partial charge in [-0.2, -0.15) is 0 Å². The van der Waals surface area contributed by atoms with Crippen molar-refractivity contribution in [2.24, 2.45) is 5.92 Å². The van der Waals surface area contributed by atoms with Crippen molar-refractivity contribution in [3.63, 3.8) is 0 Å². The van der Waals surface area contributed by atoms with E-state index >= 15 is 0 Å². The van der Waals surface area contributed by atoms with Crippen LogP contribution in [-0.2, 0) is 9.53 Å². The van der Waals surface area contributed by atoms with E-state index in [9.17, 15) is 4.79 Å². The summed E-state index contributed by atoms with van der Waals surface area (Å²) in [6.07, 6.45) is 2.41. The molecule has 0 aromatic heterocycles. The Labute approximate surface area is 98.5 Å². The first-order valence-corrected chi connectivity index (χ1v) is 5.99. The Morgan fingerprint density at radius 2 is 2.00 bits per heavy atom. The van der Waals surface area contributed by atoms with Crippen molar-refractivity contribution in [1.29, 1.82) is 0 Å². The minimum atomic E-state index is 0.188. The van der Waals surface area contributed by atoms with E-state index in [0.29, 0.717) is 6.54 Å². The molecular formula is C12H24N2O2. The summed E-state index contributed by atoms with van der Waals surface area (Å²) in [5.41, 5.74) is 0. The smallest absolute Gasteiger partial charge is 0.172 e. The number of methoxy groups -OCH3 is 1. The predicted molar refractivity (Wildman–Crippen MR) is 64.6 cm³/mol. The summed E-state index contributed by atoms with van der Waals surface area (Å²) in [6.45, 7) is 4.07. The van der Waals surface area contributed by atoms with Gasteiger partial charge in [-0.1, -0.05) is 0 Å². The number of ketones is 1. The van der Waals surface area contributed by atoms with Gasteiger partial charge < -0.3 is 9.64 Å². The summed E-state index contributed by atoms with van der Waals surface area (Å²) in [4.78, 5) is 15.9. The molecule has 1 fully saturated rings. The molecule has 94 valence electrons. The van der Waals surface area contributed by atoms with Crippen LogP contribution >= 0.6 is 0 Å². The third-order valence-corrected chi connectivity index (χ3v) is 3.04. The van der Waals surface area contributed by atoms with Crippen molar-refractivity contribution in [3.05, 3.63) is 0 Å². The van der Waals surface area contributed by atoms with Crippen LogP contribution in [0.25, 0.3) is 0 Å². The number of rotatable bonds is 6. The van der Waals surface area contributed by atoms with Crippen molar-refractivity contribution in [2.75, 3.05) is 54.0 Å². The maximum absolute atomic E-state index is 11.4. The van der Waals surface area contributed by atoms with Gasteiger partial charge in [-0.25, -0.2) is 0 Å². The Morgan fingerprint density at radius 1 is 1.38 bits per heavy atom. The lowest BCUT2D eigenvalue weighted by Crippen LogP contribution is -2.40. The first kappa shape index (κ1) is 13.6. The molecule has 0 unspecified atom stereocenters. The molecule has 0 radical (unpaired) electrons. The summed E-state index contributed by atoms with van der Waals surface area (Å²) < 4.78 is 4.84. The summed E-state index contributed by atoms with van der Waals surface area (Å²) in [6, 6.07) is 0. The van der Waals surface area contributed by atoms with Gasteiger partial charge in [0.2, 0.25) is 0 Å². The van der Waals surface area contributed by atoms with Crippen LogP contribution in [0.2, 0.25) is 0 Å². The van der Waals surface area contributed by atoms with Gasteiger partial charge in [0, 0.05) is 13.7 Å². The lowest BCUT2D eigenvalue weighted by molar-refractivity contribution is -0.124. The monoisotopic (exact) mass is 228 g/mol. The lowest BCUT2D eigenvalue weighted by Gasteiger charge is -2.32. The number of carbonyl (C=O) groups excluding carboxylic acids is 1. The summed E-state index contributed by atoms with van der Waals surface area (Å²) in [7, 11) is 5.81. The average molecular weight is 228 g/mol. The standard InChI is InChI=1S/C12H24N2O2/c1-13(2)8-11-4-6-14(7-5-11)9-12(15)10-16-3/h11H,4-10H2,1-3H3. The highest BCUT2D eigenvalue weighted by molar-refractivity contribution is 5.81. The third kappa shape index (κ3) is 5.05. The van der Waals surface area contributed by atoms with Crippen LogP contribution in [0.3, 0.4) is 0 Å². The van der Waals surface area contributed by atoms with E-state index in [1.54, 1.807) is 7.11 Å². The molecule has 0 N–H and O–H groups in total. The van der Waals surface area contributed by atoms with Gasteiger partial charge in [-0.3, -0.25) is 9.69 Å². The number of ether oxygens (including phenoxy) is 1. The second-order valence-electron chi connectivity index (χ2n) is 4.95. The zero-order valence-electron chi connectivity index (χ0n) is 10.7. The molecular weight excluding hydrogens is 204 g/mol. The maximum atomic E-state index is 11.4. The highest BCUT2D eigenvalue weighted by Crippen LogP contribution is 2.17. The van der Waals surface area contributed by atoms with Crippen LogP contribution in [-0.4, -0.2) is 69.6 Å². The fourth-order valence-electron chi connectivity index (χ4n) is 2.30. The fraction of sp³-hybridized carbons (Fsp3) is 0.917. The molecule has 0 aliphatic carbocycles. The number of hydrogen-bond acceptors (Lipinski definition) is 4. The predicted octanol–water partition coefficient (Wildman–Crippen LogP) is 0.476. The van der Waals surface area contributed by atoms with E-state index in [1.165, 1.54) is 19.4 Å². The molecule has 4 heteroatoms. The number of nitrogens with zero attached hydrogens (tertiary/aromatic N) is 2. The quantitative estimate of drug-likeness (QED) is 0.662. The van der Waals surface area contributed by atoms with Crippen molar-refractivity contribution in [1.82, 2.24) is 9.80 Å². The van der Waals surface area contributed by atoms with Crippen LogP contribution in [0, 0.1) is 5.92 Å². The molecule has 0 aromatic carbocycles. The second kappa shape index (κ2) is 6.99. The Hall–Kier alpha value is -0.450. The highest BCUT2D eigenvalue weighted by atomic mass is 16.5. The highest BCUT2D eigenvalue weighted by Gasteiger charge is 2.20. The lowest BCUT2D eigenvalue weighted by atomic mass is 9.96. The SMILES string of the molecule is COCC(=O)CN1CCC(CN(C)C)CC1. The molecule has 1 saturated heterocycles. The number of likely N-dealkylation sites (tertiary alicyclic amines) is 1. The molecule has 1 aliphatic rings. The summed E-state index contributed by atoms with van der Waals surface area (Å²) in [5, 5.41) is 0. The topological polar surface area (TPSA) is 32.8 Å². The zero-order valence-corrected chi connectivity index (χ0v) is 10.7. The molecule has 4 nitrogen and oxygen atoms in total. The molecule has 16 heavy (non-hydrogen) atoms. The Bertz CT molecular complexity index is 211. The third-order valence-electron chi connectivity index (χ3n) is 3.04. The number of carbonyl (C=O) groups is 1. The maximum Gasteiger partial charge on any atom is 0.172 e. The van der Waals surface area contributed by atoms with Gasteiger partial charge in [0.25, 0.3) is 0 Å². The van der Waals surface area contributed by atoms with E-state index in [0.717, 1.165) is 19.0 Å². The van der Waals surface area contributed by atoms with Gasteiger partial charge in [-0.05, 0) is 45.9 Å².